The number of methoxy groups -OCH3 is 2. The number of nitrogens with zero attached hydrogens (tertiary/aromatic N) is 1. The summed E-state index contributed by atoms with van der Waals surface area (Å²) in [4.78, 5) is 65.9. The minimum atomic E-state index is -0.878. The van der Waals surface area contributed by atoms with Gasteiger partial charge in [-0.25, -0.2) is 0 Å². The summed E-state index contributed by atoms with van der Waals surface area (Å²) in [5.74, 6) is -3.78. The van der Waals surface area contributed by atoms with Crippen LogP contribution in [-0.2, 0) is 24.0 Å². The summed E-state index contributed by atoms with van der Waals surface area (Å²) in [7, 11) is 2.85. The lowest BCUT2D eigenvalue weighted by Crippen LogP contribution is -2.40. The van der Waals surface area contributed by atoms with Crippen molar-refractivity contribution in [2.75, 3.05) is 20.8 Å². The van der Waals surface area contributed by atoms with E-state index >= 15 is 0 Å². The summed E-state index contributed by atoms with van der Waals surface area (Å²) in [5, 5.41) is 19.2. The number of carboxylic acids is 1. The van der Waals surface area contributed by atoms with Crippen LogP contribution in [0.1, 0.15) is 51.0 Å². The predicted molar refractivity (Wildman–Crippen MR) is 155 cm³/mol. The van der Waals surface area contributed by atoms with Crippen molar-refractivity contribution in [3.8, 4) is 17.2 Å². The Hall–Kier alpha value is -4.47. The van der Waals surface area contributed by atoms with Gasteiger partial charge in [0.2, 0.25) is 17.6 Å². The van der Waals surface area contributed by atoms with Gasteiger partial charge in [0.05, 0.1) is 26.1 Å². The first-order valence-electron chi connectivity index (χ1n) is 14.5. The molecule has 3 aliphatic carbocycles. The molecule has 1 heterocycles. The van der Waals surface area contributed by atoms with Crippen molar-refractivity contribution in [2.45, 2.75) is 45.4 Å². The minimum absolute atomic E-state index is 0.0409. The SMILES string of the molecule is COc1cc(C=CC2C3=CCC4C(=O)N(CCCCCC(=O)O)C(=O)C4C3CC3=C2C(=O)C(C)=CC3=O)cc(OC)c1O. The first-order chi connectivity index (χ1) is 20.6. The van der Waals surface area contributed by atoms with Crippen LogP contribution in [0.5, 0.6) is 17.2 Å². The monoisotopic (exact) mass is 589 g/mol. The van der Waals surface area contributed by atoms with Gasteiger partial charge in [-0.3, -0.25) is 28.9 Å². The standard InChI is InChI=1S/C33H35NO9/c1-17-13-24(35)23-16-22-19(10-11-21-29(22)33(41)34(32(21)40)12-6-4-5-7-27(36)37)20(28(23)30(17)38)9-8-18-14-25(42-2)31(39)26(15-18)43-3/h8-10,13-15,20-22,29,39H,4-7,11-12,16H2,1-3H3,(H,36,37). The number of phenolic OH excluding ortho intramolecular Hbond substituents is 1. The second-order valence-corrected chi connectivity index (χ2v) is 11.4. The van der Waals surface area contributed by atoms with Crippen LogP contribution in [0.15, 0.2) is 52.7 Å². The molecule has 4 atom stereocenters. The van der Waals surface area contributed by atoms with E-state index in [-0.39, 0.29) is 60.0 Å². The summed E-state index contributed by atoms with van der Waals surface area (Å²) >= 11 is 0. The number of amides is 2. The zero-order valence-corrected chi connectivity index (χ0v) is 24.4. The average Bonchev–Trinajstić information content (AvgIpc) is 3.23. The molecule has 0 spiro atoms. The number of ether oxygens (including phenoxy) is 2. The van der Waals surface area contributed by atoms with E-state index in [0.29, 0.717) is 48.0 Å². The van der Waals surface area contributed by atoms with E-state index < -0.39 is 29.6 Å². The Labute approximate surface area is 249 Å². The van der Waals surface area contributed by atoms with Crippen LogP contribution in [0.2, 0.25) is 0 Å². The van der Waals surface area contributed by atoms with Gasteiger partial charge in [0, 0.05) is 35.6 Å². The van der Waals surface area contributed by atoms with Gasteiger partial charge in [-0.05, 0) is 62.3 Å². The fourth-order valence-electron chi connectivity index (χ4n) is 6.86. The molecule has 0 aromatic heterocycles. The molecular weight excluding hydrogens is 554 g/mol. The van der Waals surface area contributed by atoms with Crippen molar-refractivity contribution in [1.29, 1.82) is 0 Å². The van der Waals surface area contributed by atoms with E-state index in [4.69, 9.17) is 14.6 Å². The number of aliphatic carboxylic acids is 1. The number of unbranched alkanes of at least 4 members (excludes halogenated alkanes) is 2. The zero-order chi connectivity index (χ0) is 31.0. The largest absolute Gasteiger partial charge is 0.502 e. The van der Waals surface area contributed by atoms with Gasteiger partial charge in [-0.2, -0.15) is 0 Å². The number of allylic oxidation sites excluding steroid dienone is 7. The number of aromatic hydroxyl groups is 1. The highest BCUT2D eigenvalue weighted by Gasteiger charge is 2.55. The van der Waals surface area contributed by atoms with E-state index in [9.17, 15) is 29.1 Å². The van der Waals surface area contributed by atoms with Crippen LogP contribution in [-0.4, -0.2) is 65.2 Å². The lowest BCUT2D eigenvalue weighted by atomic mass is 9.60. The fourth-order valence-corrected chi connectivity index (χ4v) is 6.86. The Morgan fingerprint density at radius 2 is 1.72 bits per heavy atom. The van der Waals surface area contributed by atoms with Crippen molar-refractivity contribution in [3.63, 3.8) is 0 Å². The number of phenols is 1. The average molecular weight is 590 g/mol. The van der Waals surface area contributed by atoms with Crippen molar-refractivity contribution in [1.82, 2.24) is 4.90 Å². The summed E-state index contributed by atoms with van der Waals surface area (Å²) in [6.07, 6.45) is 9.06. The zero-order valence-electron chi connectivity index (χ0n) is 24.4. The third-order valence-corrected chi connectivity index (χ3v) is 8.96. The number of Topliss-reactive ketones (excluding diaryl/α,β-unsaturated/α-hetero) is 1. The van der Waals surface area contributed by atoms with Crippen molar-refractivity contribution in [3.05, 3.63) is 58.2 Å². The topological polar surface area (TPSA) is 148 Å². The molecule has 226 valence electrons. The van der Waals surface area contributed by atoms with Crippen LogP contribution in [0.25, 0.3) is 6.08 Å². The number of fused-ring (bicyclic) bond motifs is 3. The third kappa shape index (κ3) is 5.42. The van der Waals surface area contributed by atoms with Crippen LogP contribution >= 0.6 is 0 Å². The summed E-state index contributed by atoms with van der Waals surface area (Å²) in [6.45, 7) is 1.85. The first kappa shape index (κ1) is 30.0. The van der Waals surface area contributed by atoms with Crippen LogP contribution < -0.4 is 9.47 Å². The number of carbonyl (C=O) groups is 5. The normalized spacial score (nSPS) is 25.0. The molecule has 5 rings (SSSR count). The van der Waals surface area contributed by atoms with E-state index in [1.807, 2.05) is 12.2 Å². The third-order valence-electron chi connectivity index (χ3n) is 8.96. The van der Waals surface area contributed by atoms with E-state index in [2.05, 4.69) is 0 Å². The first-order valence-corrected chi connectivity index (χ1v) is 14.5. The number of carbonyl (C=O) groups excluding carboxylic acids is 4. The van der Waals surface area contributed by atoms with Crippen LogP contribution in [0.3, 0.4) is 0 Å². The van der Waals surface area contributed by atoms with E-state index in [1.54, 1.807) is 25.1 Å². The summed E-state index contributed by atoms with van der Waals surface area (Å²) in [5.41, 5.74) is 2.60. The molecule has 1 aromatic rings. The maximum atomic E-state index is 13.7. The number of imide groups is 1. The Morgan fingerprint density at radius 1 is 1.02 bits per heavy atom. The summed E-state index contributed by atoms with van der Waals surface area (Å²) < 4.78 is 10.6. The molecule has 1 saturated heterocycles. The van der Waals surface area contributed by atoms with Gasteiger partial charge >= 0.3 is 5.97 Å². The molecule has 0 radical (unpaired) electrons. The molecule has 1 aromatic carbocycles. The molecule has 10 heteroatoms. The fraction of sp³-hybridized carbons (Fsp3) is 0.424. The van der Waals surface area contributed by atoms with Gasteiger partial charge in [-0.15, -0.1) is 0 Å². The minimum Gasteiger partial charge on any atom is -0.502 e. The number of likely N-dealkylation sites (tertiary alicyclic amines) is 1. The van der Waals surface area contributed by atoms with Gasteiger partial charge in [-0.1, -0.05) is 30.2 Å². The maximum absolute atomic E-state index is 13.7. The predicted octanol–water partition coefficient (Wildman–Crippen LogP) is 4.03. The van der Waals surface area contributed by atoms with Gasteiger partial charge in [0.15, 0.2) is 23.1 Å². The Bertz CT molecular complexity index is 1500. The molecule has 2 amide bonds. The molecule has 2 N–H and O–H groups in total. The maximum Gasteiger partial charge on any atom is 0.303 e. The highest BCUT2D eigenvalue weighted by atomic mass is 16.5. The number of carboxylic acid groups (broad SMARTS) is 1. The van der Waals surface area contributed by atoms with E-state index in [1.165, 1.54) is 25.2 Å². The quantitative estimate of drug-likeness (QED) is 0.179. The highest BCUT2D eigenvalue weighted by molar-refractivity contribution is 6.23. The Kier molecular flexibility index (Phi) is 8.39. The molecule has 0 saturated carbocycles. The van der Waals surface area contributed by atoms with Crippen LogP contribution in [0.4, 0.5) is 0 Å². The van der Waals surface area contributed by atoms with E-state index in [0.717, 1.165) is 5.57 Å². The van der Waals surface area contributed by atoms with Crippen molar-refractivity contribution < 1.29 is 43.7 Å². The number of benzene rings is 1. The van der Waals surface area contributed by atoms with Crippen LogP contribution in [0, 0.1) is 23.7 Å². The lowest BCUT2D eigenvalue weighted by Gasteiger charge is -2.41. The van der Waals surface area contributed by atoms with Gasteiger partial charge < -0.3 is 19.7 Å². The number of hydrogen-bond acceptors (Lipinski definition) is 8. The molecule has 43 heavy (non-hydrogen) atoms. The molecule has 10 nitrogen and oxygen atoms in total. The summed E-state index contributed by atoms with van der Waals surface area (Å²) in [6, 6.07) is 3.25. The van der Waals surface area contributed by atoms with Gasteiger partial charge in [0.25, 0.3) is 0 Å². The molecular formula is C33H35NO9. The Balaban J connectivity index is 1.48. The number of ketones is 2. The molecule has 0 bridgehead atoms. The van der Waals surface area contributed by atoms with Gasteiger partial charge in [0.1, 0.15) is 0 Å². The molecule has 1 aliphatic heterocycles. The second kappa shape index (κ2) is 12.0. The smallest absolute Gasteiger partial charge is 0.303 e. The van der Waals surface area contributed by atoms with Crippen molar-refractivity contribution >= 4 is 35.4 Å². The Morgan fingerprint density at radius 3 is 2.37 bits per heavy atom. The second-order valence-electron chi connectivity index (χ2n) is 11.4. The number of rotatable bonds is 10. The van der Waals surface area contributed by atoms with Crippen molar-refractivity contribution in [2.24, 2.45) is 23.7 Å². The lowest BCUT2D eigenvalue weighted by molar-refractivity contribution is -0.141. The highest BCUT2D eigenvalue weighted by Crippen LogP contribution is 2.52. The molecule has 4 aliphatic rings. The number of hydrogen-bond donors (Lipinski definition) is 2. The molecule has 1 fully saturated rings. The molecule has 4 unspecified atom stereocenters.